The molecule has 2 rings (SSSR count). The Morgan fingerprint density at radius 1 is 1.37 bits per heavy atom. The van der Waals surface area contributed by atoms with Crippen LogP contribution in [0.1, 0.15) is 18.5 Å². The maximum atomic E-state index is 6.17. The van der Waals surface area contributed by atoms with Gasteiger partial charge in [-0.2, -0.15) is 5.10 Å². The van der Waals surface area contributed by atoms with Crippen LogP contribution in [0, 0.1) is 0 Å². The number of nitrogens with two attached hydrogens (primary N) is 1. The lowest BCUT2D eigenvalue weighted by Gasteiger charge is -2.12. The number of ether oxygens (including phenoxy) is 1. The molecule has 0 aliphatic carbocycles. The van der Waals surface area contributed by atoms with Gasteiger partial charge in [0.05, 0.1) is 6.61 Å². The molecule has 0 saturated heterocycles. The van der Waals surface area contributed by atoms with E-state index in [1.54, 1.807) is 22.8 Å². The van der Waals surface area contributed by atoms with E-state index in [1.807, 2.05) is 38.2 Å². The number of hydrogen-bond donors (Lipinski definition) is 1. The topological polar surface area (TPSA) is 66.0 Å². The van der Waals surface area contributed by atoms with E-state index in [9.17, 15) is 0 Å². The number of benzene rings is 1. The van der Waals surface area contributed by atoms with E-state index in [4.69, 9.17) is 10.5 Å². The number of aromatic nitrogens is 3. The van der Waals surface area contributed by atoms with Crippen LogP contribution in [-0.2, 0) is 7.05 Å². The summed E-state index contributed by atoms with van der Waals surface area (Å²) in [6.07, 6.45) is 1.55. The molecule has 1 heterocycles. The van der Waals surface area contributed by atoms with Crippen molar-refractivity contribution >= 4 is 11.8 Å². The zero-order valence-electron chi connectivity index (χ0n) is 11.1. The van der Waals surface area contributed by atoms with Crippen molar-refractivity contribution in [2.24, 2.45) is 12.8 Å². The van der Waals surface area contributed by atoms with Crippen molar-refractivity contribution in [2.45, 2.75) is 18.1 Å². The van der Waals surface area contributed by atoms with Crippen molar-refractivity contribution in [3.05, 3.63) is 36.2 Å². The van der Waals surface area contributed by atoms with Crippen LogP contribution >= 0.6 is 11.8 Å². The van der Waals surface area contributed by atoms with Crippen molar-refractivity contribution in [3.8, 4) is 5.75 Å². The van der Waals surface area contributed by atoms with E-state index in [2.05, 4.69) is 10.1 Å². The van der Waals surface area contributed by atoms with Crippen molar-refractivity contribution in [1.29, 1.82) is 0 Å². The standard InChI is InChI=1S/C13H18N4OS/c1-3-18-11-6-4-10(5-7-11)12(14)8-19-13-15-9-16-17(13)2/h4-7,9,12H,3,8,14H2,1-2H3. The van der Waals surface area contributed by atoms with Gasteiger partial charge in [-0.15, -0.1) is 0 Å². The van der Waals surface area contributed by atoms with Gasteiger partial charge in [0.2, 0.25) is 0 Å². The third-order valence-corrected chi connectivity index (χ3v) is 3.83. The predicted molar refractivity (Wildman–Crippen MR) is 76.3 cm³/mol. The molecule has 0 radical (unpaired) electrons. The number of rotatable bonds is 6. The Morgan fingerprint density at radius 2 is 2.11 bits per heavy atom. The number of thioether (sulfide) groups is 1. The van der Waals surface area contributed by atoms with Crippen LogP contribution in [0.15, 0.2) is 35.7 Å². The first-order valence-electron chi connectivity index (χ1n) is 6.16. The maximum absolute atomic E-state index is 6.17. The molecule has 1 atom stereocenters. The van der Waals surface area contributed by atoms with Gasteiger partial charge in [-0.1, -0.05) is 23.9 Å². The fraction of sp³-hybridized carbons (Fsp3) is 0.385. The van der Waals surface area contributed by atoms with Gasteiger partial charge in [-0.25, -0.2) is 9.67 Å². The second-order valence-electron chi connectivity index (χ2n) is 4.09. The Bertz CT molecular complexity index is 512. The molecule has 0 bridgehead atoms. The van der Waals surface area contributed by atoms with Crippen LogP contribution in [0.25, 0.3) is 0 Å². The Labute approximate surface area is 117 Å². The second kappa shape index (κ2) is 6.58. The summed E-state index contributed by atoms with van der Waals surface area (Å²) >= 11 is 1.60. The van der Waals surface area contributed by atoms with Gasteiger partial charge in [0.1, 0.15) is 12.1 Å². The highest BCUT2D eigenvalue weighted by Crippen LogP contribution is 2.22. The first-order chi connectivity index (χ1) is 9.20. The van der Waals surface area contributed by atoms with E-state index in [-0.39, 0.29) is 6.04 Å². The molecule has 0 aliphatic rings. The summed E-state index contributed by atoms with van der Waals surface area (Å²) < 4.78 is 7.15. The normalized spacial score (nSPS) is 12.4. The maximum Gasteiger partial charge on any atom is 0.185 e. The average Bonchev–Trinajstić information content (AvgIpc) is 2.83. The molecule has 5 nitrogen and oxygen atoms in total. The van der Waals surface area contributed by atoms with Crippen LogP contribution in [0.4, 0.5) is 0 Å². The Kier molecular flexibility index (Phi) is 4.81. The minimum atomic E-state index is -0.0302. The first-order valence-corrected chi connectivity index (χ1v) is 7.14. The highest BCUT2D eigenvalue weighted by atomic mass is 32.2. The van der Waals surface area contributed by atoms with Crippen LogP contribution in [0.5, 0.6) is 5.75 Å². The Morgan fingerprint density at radius 3 is 2.68 bits per heavy atom. The van der Waals surface area contributed by atoms with E-state index < -0.39 is 0 Å². The summed E-state index contributed by atoms with van der Waals surface area (Å²) in [6.45, 7) is 2.64. The summed E-state index contributed by atoms with van der Waals surface area (Å²) in [5, 5.41) is 4.90. The lowest BCUT2D eigenvalue weighted by Crippen LogP contribution is -2.13. The zero-order chi connectivity index (χ0) is 13.7. The molecule has 6 heteroatoms. The molecule has 102 valence electrons. The van der Waals surface area contributed by atoms with Gasteiger partial charge >= 0.3 is 0 Å². The summed E-state index contributed by atoms with van der Waals surface area (Å²) in [5.41, 5.74) is 7.26. The summed E-state index contributed by atoms with van der Waals surface area (Å²) in [5.74, 6) is 1.64. The highest BCUT2D eigenvalue weighted by molar-refractivity contribution is 7.99. The van der Waals surface area contributed by atoms with Gasteiger partial charge in [-0.3, -0.25) is 0 Å². The number of nitrogens with zero attached hydrogens (tertiary/aromatic N) is 3. The first kappa shape index (κ1) is 13.9. The highest BCUT2D eigenvalue weighted by Gasteiger charge is 2.09. The number of aryl methyl sites for hydroxylation is 1. The third kappa shape index (κ3) is 3.71. The van der Waals surface area contributed by atoms with E-state index >= 15 is 0 Å². The molecule has 1 aromatic heterocycles. The fourth-order valence-electron chi connectivity index (χ4n) is 1.65. The van der Waals surface area contributed by atoms with E-state index in [0.717, 1.165) is 22.2 Å². The van der Waals surface area contributed by atoms with Crippen molar-refractivity contribution in [2.75, 3.05) is 12.4 Å². The van der Waals surface area contributed by atoms with Crippen LogP contribution in [-0.4, -0.2) is 27.1 Å². The van der Waals surface area contributed by atoms with E-state index in [0.29, 0.717) is 6.61 Å². The fourth-order valence-corrected chi connectivity index (χ4v) is 2.53. The third-order valence-electron chi connectivity index (χ3n) is 2.68. The smallest absolute Gasteiger partial charge is 0.185 e. The molecular formula is C13H18N4OS. The van der Waals surface area contributed by atoms with Crippen molar-refractivity contribution in [3.63, 3.8) is 0 Å². The molecule has 2 aromatic rings. The van der Waals surface area contributed by atoms with Gasteiger partial charge in [0.15, 0.2) is 5.16 Å². The molecule has 0 saturated carbocycles. The Hall–Kier alpha value is -1.53. The quantitative estimate of drug-likeness (QED) is 0.819. The minimum Gasteiger partial charge on any atom is -0.494 e. The van der Waals surface area contributed by atoms with Gasteiger partial charge in [0, 0.05) is 18.8 Å². The molecule has 0 fully saturated rings. The number of hydrogen-bond acceptors (Lipinski definition) is 5. The van der Waals surface area contributed by atoms with Gasteiger partial charge < -0.3 is 10.5 Å². The summed E-state index contributed by atoms with van der Waals surface area (Å²) in [7, 11) is 1.87. The molecular weight excluding hydrogens is 260 g/mol. The molecule has 0 spiro atoms. The monoisotopic (exact) mass is 278 g/mol. The SMILES string of the molecule is CCOc1ccc(C(N)CSc2ncnn2C)cc1. The lowest BCUT2D eigenvalue weighted by molar-refractivity contribution is 0.340. The van der Waals surface area contributed by atoms with Gasteiger partial charge in [0.25, 0.3) is 0 Å². The molecule has 1 unspecified atom stereocenters. The summed E-state index contributed by atoms with van der Waals surface area (Å²) in [4.78, 5) is 4.16. The Balaban J connectivity index is 1.92. The predicted octanol–water partition coefficient (Wildman–Crippen LogP) is 2.01. The van der Waals surface area contributed by atoms with Gasteiger partial charge in [-0.05, 0) is 24.6 Å². The van der Waals surface area contributed by atoms with Crippen LogP contribution < -0.4 is 10.5 Å². The average molecular weight is 278 g/mol. The molecule has 0 amide bonds. The van der Waals surface area contributed by atoms with Crippen molar-refractivity contribution in [1.82, 2.24) is 14.8 Å². The molecule has 19 heavy (non-hydrogen) atoms. The molecule has 0 aliphatic heterocycles. The van der Waals surface area contributed by atoms with Crippen LogP contribution in [0.2, 0.25) is 0 Å². The summed E-state index contributed by atoms with van der Waals surface area (Å²) in [6, 6.07) is 7.88. The lowest BCUT2D eigenvalue weighted by atomic mass is 10.1. The second-order valence-corrected chi connectivity index (χ2v) is 5.07. The largest absolute Gasteiger partial charge is 0.494 e. The van der Waals surface area contributed by atoms with Crippen LogP contribution in [0.3, 0.4) is 0 Å². The minimum absolute atomic E-state index is 0.0302. The molecule has 2 N–H and O–H groups in total. The van der Waals surface area contributed by atoms with Crippen molar-refractivity contribution < 1.29 is 4.74 Å². The van der Waals surface area contributed by atoms with E-state index in [1.165, 1.54) is 0 Å². The zero-order valence-corrected chi connectivity index (χ0v) is 11.9. The molecule has 1 aromatic carbocycles.